The molecule has 1 N–H and O–H groups in total. The molecule has 2 aromatic rings. The molecule has 0 atom stereocenters. The van der Waals surface area contributed by atoms with E-state index in [2.05, 4.69) is 31.2 Å². The second-order valence-corrected chi connectivity index (χ2v) is 5.90. The minimum absolute atomic E-state index is 0.0367. The highest BCUT2D eigenvalue weighted by Crippen LogP contribution is 2.20. The van der Waals surface area contributed by atoms with Crippen LogP contribution in [0.25, 0.3) is 5.69 Å². The van der Waals surface area contributed by atoms with E-state index < -0.39 is 0 Å². The summed E-state index contributed by atoms with van der Waals surface area (Å²) in [5.74, 6) is -0.109. The van der Waals surface area contributed by atoms with Crippen LogP contribution in [0.4, 0.5) is 4.39 Å². The van der Waals surface area contributed by atoms with Gasteiger partial charge in [-0.15, -0.1) is 0 Å². The van der Waals surface area contributed by atoms with Crippen LogP contribution in [0.5, 0.6) is 5.75 Å². The van der Waals surface area contributed by atoms with Crippen LogP contribution < -0.4 is 10.1 Å². The molecule has 4 nitrogen and oxygen atoms in total. The average molecular weight is 291 g/mol. The van der Waals surface area contributed by atoms with Gasteiger partial charge in [0.1, 0.15) is 0 Å². The highest BCUT2D eigenvalue weighted by atomic mass is 19.1. The normalized spacial score (nSPS) is 11.7. The number of ether oxygens (including phenoxy) is 1. The Morgan fingerprint density at radius 3 is 2.67 bits per heavy atom. The van der Waals surface area contributed by atoms with E-state index in [1.165, 1.54) is 6.07 Å². The Hall–Kier alpha value is -1.88. The first-order chi connectivity index (χ1) is 9.89. The van der Waals surface area contributed by atoms with Gasteiger partial charge in [-0.2, -0.15) is 5.10 Å². The number of aromatic nitrogens is 2. The lowest BCUT2D eigenvalue weighted by Crippen LogP contribution is -2.35. The van der Waals surface area contributed by atoms with E-state index in [4.69, 9.17) is 4.74 Å². The maximum Gasteiger partial charge on any atom is 0.167 e. The second-order valence-electron chi connectivity index (χ2n) is 5.90. The van der Waals surface area contributed by atoms with Crippen molar-refractivity contribution in [1.29, 1.82) is 0 Å². The summed E-state index contributed by atoms with van der Waals surface area (Å²) in [4.78, 5) is 0. The Bertz CT molecular complexity index is 602. The second kappa shape index (κ2) is 6.26. The molecule has 0 bridgehead atoms. The Labute approximate surface area is 124 Å². The molecule has 0 radical (unpaired) electrons. The molecule has 0 amide bonds. The van der Waals surface area contributed by atoms with Gasteiger partial charge >= 0.3 is 0 Å². The van der Waals surface area contributed by atoms with Crippen molar-refractivity contribution in [3.8, 4) is 11.4 Å². The molecule has 0 aliphatic heterocycles. The van der Waals surface area contributed by atoms with Crippen molar-refractivity contribution < 1.29 is 9.13 Å². The fourth-order valence-electron chi connectivity index (χ4n) is 1.86. The highest BCUT2D eigenvalue weighted by Gasteiger charge is 2.10. The van der Waals surface area contributed by atoms with Crippen molar-refractivity contribution in [3.05, 3.63) is 42.0 Å². The standard InChI is InChI=1S/C16H22FN3O/c1-5-21-15-7-6-13(10-14(15)17)20-9-8-12(19-20)11-18-16(2,3)4/h6-10,18H,5,11H2,1-4H3. The Morgan fingerprint density at radius 2 is 2.05 bits per heavy atom. The molecule has 1 heterocycles. The van der Waals surface area contributed by atoms with E-state index >= 15 is 0 Å². The van der Waals surface area contributed by atoms with Gasteiger partial charge in [0, 0.05) is 24.3 Å². The first-order valence-electron chi connectivity index (χ1n) is 7.11. The fraction of sp³-hybridized carbons (Fsp3) is 0.438. The predicted molar refractivity (Wildman–Crippen MR) is 81.3 cm³/mol. The monoisotopic (exact) mass is 291 g/mol. The van der Waals surface area contributed by atoms with Gasteiger partial charge in [0.2, 0.25) is 0 Å². The van der Waals surface area contributed by atoms with Gasteiger partial charge in [0.15, 0.2) is 11.6 Å². The fourth-order valence-corrected chi connectivity index (χ4v) is 1.86. The van der Waals surface area contributed by atoms with E-state index in [1.54, 1.807) is 16.8 Å². The first-order valence-corrected chi connectivity index (χ1v) is 7.11. The number of halogens is 1. The maximum atomic E-state index is 13.9. The van der Waals surface area contributed by atoms with Crippen molar-refractivity contribution in [2.45, 2.75) is 39.8 Å². The number of nitrogens with zero attached hydrogens (tertiary/aromatic N) is 2. The topological polar surface area (TPSA) is 39.1 Å². The molecule has 1 aromatic heterocycles. The summed E-state index contributed by atoms with van der Waals surface area (Å²) in [5.41, 5.74) is 1.63. The number of hydrogen-bond acceptors (Lipinski definition) is 3. The maximum absolute atomic E-state index is 13.9. The van der Waals surface area contributed by atoms with Crippen molar-refractivity contribution in [1.82, 2.24) is 15.1 Å². The Morgan fingerprint density at radius 1 is 1.29 bits per heavy atom. The van der Waals surface area contributed by atoms with Crippen LogP contribution in [0.3, 0.4) is 0 Å². The minimum atomic E-state index is -0.376. The number of benzene rings is 1. The molecule has 0 saturated carbocycles. The largest absolute Gasteiger partial charge is 0.491 e. The molecule has 0 spiro atoms. The molecule has 0 fully saturated rings. The summed E-state index contributed by atoms with van der Waals surface area (Å²) in [6, 6.07) is 6.77. The van der Waals surface area contributed by atoms with E-state index in [1.807, 2.05) is 19.2 Å². The van der Waals surface area contributed by atoms with Gasteiger partial charge in [-0.3, -0.25) is 0 Å². The third-order valence-electron chi connectivity index (χ3n) is 2.92. The SMILES string of the molecule is CCOc1ccc(-n2ccc(CNC(C)(C)C)n2)cc1F. The zero-order valence-corrected chi connectivity index (χ0v) is 13.0. The van der Waals surface area contributed by atoms with Crippen molar-refractivity contribution in [3.63, 3.8) is 0 Å². The summed E-state index contributed by atoms with van der Waals surface area (Å²) in [5, 5.41) is 7.82. The third-order valence-corrected chi connectivity index (χ3v) is 2.92. The van der Waals surface area contributed by atoms with Crippen LogP contribution in [0.15, 0.2) is 30.5 Å². The molecule has 0 unspecified atom stereocenters. The van der Waals surface area contributed by atoms with Crippen LogP contribution in [0.1, 0.15) is 33.4 Å². The van der Waals surface area contributed by atoms with E-state index in [0.29, 0.717) is 18.8 Å². The lowest BCUT2D eigenvalue weighted by Gasteiger charge is -2.19. The van der Waals surface area contributed by atoms with Crippen molar-refractivity contribution in [2.75, 3.05) is 6.61 Å². The van der Waals surface area contributed by atoms with Crippen LogP contribution in [-0.2, 0) is 6.54 Å². The van der Waals surface area contributed by atoms with E-state index in [-0.39, 0.29) is 17.1 Å². The lowest BCUT2D eigenvalue weighted by atomic mass is 10.1. The number of hydrogen-bond donors (Lipinski definition) is 1. The third kappa shape index (κ3) is 4.29. The molecule has 1 aromatic carbocycles. The quantitative estimate of drug-likeness (QED) is 0.918. The number of rotatable bonds is 5. The minimum Gasteiger partial charge on any atom is -0.491 e. The summed E-state index contributed by atoms with van der Waals surface area (Å²) in [7, 11) is 0. The molecule has 0 aliphatic carbocycles. The van der Waals surface area contributed by atoms with Crippen LogP contribution in [0.2, 0.25) is 0 Å². The molecule has 0 saturated heterocycles. The van der Waals surface area contributed by atoms with E-state index in [0.717, 1.165) is 5.69 Å². The van der Waals surface area contributed by atoms with Crippen LogP contribution >= 0.6 is 0 Å². The lowest BCUT2D eigenvalue weighted by molar-refractivity contribution is 0.321. The summed E-state index contributed by atoms with van der Waals surface area (Å²) in [6.07, 6.45) is 1.83. The first kappa shape index (κ1) is 15.5. The molecule has 0 aliphatic rings. The van der Waals surface area contributed by atoms with Crippen LogP contribution in [-0.4, -0.2) is 21.9 Å². The highest BCUT2D eigenvalue weighted by molar-refractivity contribution is 5.38. The Kier molecular flexibility index (Phi) is 4.63. The summed E-state index contributed by atoms with van der Waals surface area (Å²) < 4.78 is 20.7. The molecule has 21 heavy (non-hydrogen) atoms. The smallest absolute Gasteiger partial charge is 0.167 e. The molecule has 114 valence electrons. The summed E-state index contributed by atoms with van der Waals surface area (Å²) in [6.45, 7) is 9.26. The van der Waals surface area contributed by atoms with Crippen molar-refractivity contribution >= 4 is 0 Å². The molecule has 5 heteroatoms. The van der Waals surface area contributed by atoms with Crippen LogP contribution in [0, 0.1) is 5.82 Å². The average Bonchev–Trinajstić information content (AvgIpc) is 2.87. The van der Waals surface area contributed by atoms with Gasteiger partial charge in [-0.25, -0.2) is 9.07 Å². The molecular formula is C16H22FN3O. The van der Waals surface area contributed by atoms with Crippen molar-refractivity contribution in [2.24, 2.45) is 0 Å². The predicted octanol–water partition coefficient (Wildman–Crippen LogP) is 3.30. The van der Waals surface area contributed by atoms with Gasteiger partial charge in [0.25, 0.3) is 0 Å². The number of nitrogens with one attached hydrogen (secondary N) is 1. The van der Waals surface area contributed by atoms with Gasteiger partial charge < -0.3 is 10.1 Å². The zero-order chi connectivity index (χ0) is 15.5. The summed E-state index contributed by atoms with van der Waals surface area (Å²) >= 11 is 0. The van der Waals surface area contributed by atoms with Gasteiger partial charge in [-0.05, 0) is 45.9 Å². The molecule has 2 rings (SSSR count). The molecular weight excluding hydrogens is 269 g/mol. The van der Waals surface area contributed by atoms with E-state index in [9.17, 15) is 4.39 Å². The Balaban J connectivity index is 2.12. The zero-order valence-electron chi connectivity index (χ0n) is 13.0. The van der Waals surface area contributed by atoms with Gasteiger partial charge in [-0.1, -0.05) is 0 Å². The van der Waals surface area contributed by atoms with Gasteiger partial charge in [0.05, 0.1) is 18.0 Å².